The number of hydrogen-bond acceptors (Lipinski definition) is 1. The van der Waals surface area contributed by atoms with Crippen molar-refractivity contribution >= 4 is 0 Å². The van der Waals surface area contributed by atoms with Crippen molar-refractivity contribution in [2.24, 2.45) is 11.3 Å². The van der Waals surface area contributed by atoms with Crippen molar-refractivity contribution in [2.45, 2.75) is 32.6 Å². The standard InChI is InChI=1S/C9H14N/c1-9(2,7-10)8-5-3-4-6-8/h8H,1,3-6H2,2H3. The molecule has 0 aromatic heterocycles. The number of nitrogens with zero attached hydrogens (tertiary/aromatic N) is 1. The van der Waals surface area contributed by atoms with Crippen LogP contribution in [0.15, 0.2) is 0 Å². The second-order valence-electron chi connectivity index (χ2n) is 3.51. The van der Waals surface area contributed by atoms with E-state index in [1.54, 1.807) is 0 Å². The van der Waals surface area contributed by atoms with Crippen LogP contribution in [0.3, 0.4) is 0 Å². The van der Waals surface area contributed by atoms with E-state index in [4.69, 9.17) is 5.26 Å². The van der Waals surface area contributed by atoms with Crippen LogP contribution in [-0.4, -0.2) is 0 Å². The molecule has 1 atom stereocenters. The maximum absolute atomic E-state index is 8.74. The van der Waals surface area contributed by atoms with E-state index in [1.165, 1.54) is 25.7 Å². The molecule has 10 heavy (non-hydrogen) atoms. The molecule has 1 aliphatic carbocycles. The summed E-state index contributed by atoms with van der Waals surface area (Å²) in [6, 6.07) is 2.27. The van der Waals surface area contributed by atoms with Crippen LogP contribution in [0.1, 0.15) is 32.6 Å². The molecule has 1 heteroatoms. The van der Waals surface area contributed by atoms with Gasteiger partial charge >= 0.3 is 0 Å². The first kappa shape index (κ1) is 7.60. The predicted octanol–water partition coefficient (Wildman–Crippen LogP) is 2.54. The van der Waals surface area contributed by atoms with E-state index in [-0.39, 0.29) is 5.41 Å². The van der Waals surface area contributed by atoms with Crippen molar-refractivity contribution in [3.05, 3.63) is 6.92 Å². The molecule has 1 nitrogen and oxygen atoms in total. The first-order chi connectivity index (χ1) is 4.67. The fourth-order valence-electron chi connectivity index (χ4n) is 1.65. The SMILES string of the molecule is [CH2]C(C)(C#N)C1CCCC1. The quantitative estimate of drug-likeness (QED) is 0.543. The van der Waals surface area contributed by atoms with Gasteiger partial charge in [0, 0.05) is 0 Å². The van der Waals surface area contributed by atoms with Gasteiger partial charge in [0.1, 0.15) is 0 Å². The minimum absolute atomic E-state index is 0.323. The molecule has 1 rings (SSSR count). The van der Waals surface area contributed by atoms with Gasteiger partial charge in [-0.1, -0.05) is 12.8 Å². The zero-order valence-electron chi connectivity index (χ0n) is 6.56. The third-order valence-electron chi connectivity index (χ3n) is 2.51. The molecule has 0 N–H and O–H groups in total. The minimum atomic E-state index is -0.323. The molecule has 1 saturated carbocycles. The molecular weight excluding hydrogens is 122 g/mol. The molecule has 0 aliphatic heterocycles. The Morgan fingerprint density at radius 1 is 1.50 bits per heavy atom. The smallest absolute Gasteiger partial charge is 0.0689 e. The second-order valence-corrected chi connectivity index (χ2v) is 3.51. The van der Waals surface area contributed by atoms with E-state index in [0.29, 0.717) is 5.92 Å². The first-order valence-corrected chi connectivity index (χ1v) is 3.93. The lowest BCUT2D eigenvalue weighted by Crippen LogP contribution is -2.19. The Labute approximate surface area is 63.0 Å². The van der Waals surface area contributed by atoms with Gasteiger partial charge in [0.05, 0.1) is 11.5 Å². The highest BCUT2D eigenvalue weighted by Crippen LogP contribution is 2.38. The van der Waals surface area contributed by atoms with Crippen molar-refractivity contribution in [1.29, 1.82) is 5.26 Å². The highest BCUT2D eigenvalue weighted by atomic mass is 14.4. The number of rotatable bonds is 1. The van der Waals surface area contributed by atoms with E-state index in [0.717, 1.165) is 0 Å². The Bertz CT molecular complexity index is 147. The average molecular weight is 136 g/mol. The number of hydrogen-bond donors (Lipinski definition) is 0. The van der Waals surface area contributed by atoms with Crippen LogP contribution < -0.4 is 0 Å². The second kappa shape index (κ2) is 2.62. The Balaban J connectivity index is 2.56. The summed E-state index contributed by atoms with van der Waals surface area (Å²) in [4.78, 5) is 0. The molecule has 0 saturated heterocycles. The summed E-state index contributed by atoms with van der Waals surface area (Å²) in [5.74, 6) is 0.553. The Kier molecular flexibility index (Phi) is 1.99. The van der Waals surface area contributed by atoms with Gasteiger partial charge in [-0.2, -0.15) is 5.26 Å². The summed E-state index contributed by atoms with van der Waals surface area (Å²) in [6.07, 6.45) is 4.98. The molecule has 0 aromatic carbocycles. The van der Waals surface area contributed by atoms with E-state index in [9.17, 15) is 0 Å². The van der Waals surface area contributed by atoms with Gasteiger partial charge in [-0.3, -0.25) is 0 Å². The number of nitriles is 1. The highest BCUT2D eigenvalue weighted by molar-refractivity contribution is 5.03. The summed E-state index contributed by atoms with van der Waals surface area (Å²) in [6.45, 7) is 5.86. The maximum Gasteiger partial charge on any atom is 0.0689 e. The van der Waals surface area contributed by atoms with Crippen molar-refractivity contribution in [2.75, 3.05) is 0 Å². The largest absolute Gasteiger partial charge is 0.198 e. The fraction of sp³-hybridized carbons (Fsp3) is 0.778. The first-order valence-electron chi connectivity index (χ1n) is 3.93. The van der Waals surface area contributed by atoms with Gasteiger partial charge in [0.15, 0.2) is 0 Å². The lowest BCUT2D eigenvalue weighted by atomic mass is 9.79. The van der Waals surface area contributed by atoms with Crippen LogP contribution in [0.4, 0.5) is 0 Å². The normalized spacial score (nSPS) is 20.9. The molecule has 1 fully saturated rings. The Morgan fingerprint density at radius 2 is 2.00 bits per heavy atom. The minimum Gasteiger partial charge on any atom is -0.198 e. The summed E-state index contributed by atoms with van der Waals surface area (Å²) >= 11 is 0. The van der Waals surface area contributed by atoms with Gasteiger partial charge in [-0.05, 0) is 32.6 Å². The summed E-state index contributed by atoms with van der Waals surface area (Å²) in [5, 5.41) is 8.74. The van der Waals surface area contributed by atoms with Crippen LogP contribution in [0, 0.1) is 29.6 Å². The van der Waals surface area contributed by atoms with Gasteiger partial charge in [0.25, 0.3) is 0 Å². The summed E-state index contributed by atoms with van der Waals surface area (Å²) in [5.41, 5.74) is -0.323. The van der Waals surface area contributed by atoms with Crippen molar-refractivity contribution in [3.8, 4) is 6.07 Å². The lowest BCUT2D eigenvalue weighted by Gasteiger charge is -2.22. The van der Waals surface area contributed by atoms with Gasteiger partial charge in [-0.25, -0.2) is 0 Å². The molecule has 0 bridgehead atoms. The molecule has 0 aromatic rings. The Hall–Kier alpha value is -0.510. The maximum atomic E-state index is 8.74. The summed E-state index contributed by atoms with van der Waals surface area (Å²) in [7, 11) is 0. The lowest BCUT2D eigenvalue weighted by molar-refractivity contribution is 0.339. The molecule has 1 aliphatic rings. The molecular formula is C9H14N. The molecule has 0 amide bonds. The Morgan fingerprint density at radius 3 is 2.40 bits per heavy atom. The van der Waals surface area contributed by atoms with Crippen molar-refractivity contribution in [3.63, 3.8) is 0 Å². The van der Waals surface area contributed by atoms with E-state index >= 15 is 0 Å². The van der Waals surface area contributed by atoms with Gasteiger partial charge in [-0.15, -0.1) is 0 Å². The monoisotopic (exact) mass is 136 g/mol. The van der Waals surface area contributed by atoms with Crippen molar-refractivity contribution in [1.82, 2.24) is 0 Å². The van der Waals surface area contributed by atoms with Crippen LogP contribution in [0.2, 0.25) is 0 Å². The predicted molar refractivity (Wildman–Crippen MR) is 41.0 cm³/mol. The third kappa shape index (κ3) is 1.31. The van der Waals surface area contributed by atoms with Crippen LogP contribution in [0.5, 0.6) is 0 Å². The molecule has 0 heterocycles. The zero-order valence-corrected chi connectivity index (χ0v) is 6.56. The van der Waals surface area contributed by atoms with E-state index < -0.39 is 0 Å². The highest BCUT2D eigenvalue weighted by Gasteiger charge is 2.31. The van der Waals surface area contributed by atoms with Gasteiger partial charge in [0.2, 0.25) is 0 Å². The molecule has 55 valence electrons. The third-order valence-corrected chi connectivity index (χ3v) is 2.51. The average Bonchev–Trinajstić information content (AvgIpc) is 2.38. The molecule has 1 radical (unpaired) electrons. The van der Waals surface area contributed by atoms with Crippen LogP contribution >= 0.6 is 0 Å². The van der Waals surface area contributed by atoms with E-state index in [2.05, 4.69) is 13.0 Å². The van der Waals surface area contributed by atoms with Crippen LogP contribution in [-0.2, 0) is 0 Å². The molecule has 1 unspecified atom stereocenters. The van der Waals surface area contributed by atoms with Crippen LogP contribution in [0.25, 0.3) is 0 Å². The fourth-order valence-corrected chi connectivity index (χ4v) is 1.65. The zero-order chi connectivity index (χ0) is 7.61. The molecule has 0 spiro atoms. The topological polar surface area (TPSA) is 23.8 Å². The van der Waals surface area contributed by atoms with E-state index in [1.807, 2.05) is 6.92 Å². The van der Waals surface area contributed by atoms with Gasteiger partial charge < -0.3 is 0 Å². The van der Waals surface area contributed by atoms with Crippen molar-refractivity contribution < 1.29 is 0 Å². The summed E-state index contributed by atoms with van der Waals surface area (Å²) < 4.78 is 0.